The summed E-state index contributed by atoms with van der Waals surface area (Å²) >= 11 is 0. The fraction of sp³-hybridized carbons (Fsp3) is 0.684. The molecule has 2 nitrogen and oxygen atoms in total. The van der Waals surface area contributed by atoms with Crippen LogP contribution in [0.15, 0.2) is 24.3 Å². The lowest BCUT2D eigenvalue weighted by atomic mass is 9.72. The lowest BCUT2D eigenvalue weighted by molar-refractivity contribution is 0.125. The first kappa shape index (κ1) is 18.0. The third-order valence-corrected chi connectivity index (χ3v) is 5.26. The Balaban J connectivity index is 2.66. The van der Waals surface area contributed by atoms with E-state index in [1.807, 2.05) is 0 Å². The normalized spacial score (nSPS) is 15.5. The van der Waals surface area contributed by atoms with E-state index in [1.165, 1.54) is 17.7 Å². The molecule has 1 aromatic carbocycles. The molecule has 0 amide bonds. The van der Waals surface area contributed by atoms with Crippen LogP contribution in [0.25, 0.3) is 0 Å². The lowest BCUT2D eigenvalue weighted by Gasteiger charge is -2.36. The molecule has 0 spiro atoms. The van der Waals surface area contributed by atoms with Crippen LogP contribution < -0.4 is 4.90 Å². The number of aryl methyl sites for hydroxylation is 1. The van der Waals surface area contributed by atoms with Gasteiger partial charge in [-0.25, -0.2) is 0 Å². The van der Waals surface area contributed by atoms with Crippen molar-refractivity contribution in [2.45, 2.75) is 53.9 Å². The quantitative estimate of drug-likeness (QED) is 0.716. The average Bonchev–Trinajstić information content (AvgIpc) is 2.47. The molecule has 0 heterocycles. The van der Waals surface area contributed by atoms with Crippen molar-refractivity contribution in [1.29, 1.82) is 0 Å². The Bertz CT molecular complexity index is 418. The Labute approximate surface area is 131 Å². The highest BCUT2D eigenvalue weighted by Crippen LogP contribution is 2.36. The molecule has 2 unspecified atom stereocenters. The monoisotopic (exact) mass is 291 g/mol. The van der Waals surface area contributed by atoms with E-state index in [0.29, 0.717) is 12.5 Å². The molecule has 0 saturated heterocycles. The molecule has 1 rings (SSSR count). The summed E-state index contributed by atoms with van der Waals surface area (Å²) in [5.74, 6) is 0.619. The number of benzene rings is 1. The lowest BCUT2D eigenvalue weighted by Crippen LogP contribution is -2.31. The first-order valence-electron chi connectivity index (χ1n) is 8.39. The summed E-state index contributed by atoms with van der Waals surface area (Å²) in [6.07, 6.45) is 3.21. The van der Waals surface area contributed by atoms with Gasteiger partial charge in [-0.1, -0.05) is 39.3 Å². The van der Waals surface area contributed by atoms with Gasteiger partial charge in [-0.3, -0.25) is 0 Å². The molecule has 0 aliphatic rings. The van der Waals surface area contributed by atoms with Gasteiger partial charge in [-0.05, 0) is 55.7 Å². The first-order chi connectivity index (χ1) is 9.96. The van der Waals surface area contributed by atoms with Crippen LogP contribution in [0.3, 0.4) is 0 Å². The number of anilines is 1. The fourth-order valence-electron chi connectivity index (χ4n) is 3.02. The number of aliphatic hydroxyl groups excluding tert-OH is 1. The van der Waals surface area contributed by atoms with Crippen LogP contribution in [0.5, 0.6) is 0 Å². The molecule has 0 bridgehead atoms. The molecule has 2 atom stereocenters. The van der Waals surface area contributed by atoms with E-state index in [2.05, 4.69) is 63.8 Å². The first-order valence-corrected chi connectivity index (χ1v) is 8.39. The molecular formula is C19H33NO. The van der Waals surface area contributed by atoms with Gasteiger partial charge in [0.1, 0.15) is 0 Å². The van der Waals surface area contributed by atoms with Crippen LogP contribution >= 0.6 is 0 Å². The van der Waals surface area contributed by atoms with Crippen molar-refractivity contribution in [1.82, 2.24) is 0 Å². The van der Waals surface area contributed by atoms with Crippen LogP contribution in [-0.2, 0) is 0 Å². The van der Waals surface area contributed by atoms with Crippen molar-refractivity contribution in [3.05, 3.63) is 29.8 Å². The Morgan fingerprint density at radius 2 is 2.00 bits per heavy atom. The van der Waals surface area contributed by atoms with E-state index in [0.717, 1.165) is 25.9 Å². The highest BCUT2D eigenvalue weighted by molar-refractivity contribution is 5.48. The zero-order valence-corrected chi connectivity index (χ0v) is 14.5. The minimum absolute atomic E-state index is 0.251. The van der Waals surface area contributed by atoms with Crippen molar-refractivity contribution < 1.29 is 5.11 Å². The number of aliphatic hydroxyl groups is 1. The second-order valence-electron chi connectivity index (χ2n) is 6.59. The maximum atomic E-state index is 9.30. The molecule has 0 radical (unpaired) electrons. The Hall–Kier alpha value is -1.02. The molecule has 0 aliphatic heterocycles. The zero-order chi connectivity index (χ0) is 15.9. The van der Waals surface area contributed by atoms with Gasteiger partial charge in [0.2, 0.25) is 0 Å². The molecule has 2 heteroatoms. The maximum Gasteiger partial charge on any atom is 0.0436 e. The van der Waals surface area contributed by atoms with Crippen LogP contribution in [0.1, 0.15) is 52.5 Å². The van der Waals surface area contributed by atoms with E-state index < -0.39 is 0 Å². The van der Waals surface area contributed by atoms with Crippen molar-refractivity contribution in [3.63, 3.8) is 0 Å². The van der Waals surface area contributed by atoms with Crippen LogP contribution in [0.2, 0.25) is 0 Å². The summed E-state index contributed by atoms with van der Waals surface area (Å²) in [4.78, 5) is 2.46. The molecule has 1 N–H and O–H groups in total. The van der Waals surface area contributed by atoms with Gasteiger partial charge >= 0.3 is 0 Å². The number of rotatable bonds is 9. The van der Waals surface area contributed by atoms with Gasteiger partial charge in [0.15, 0.2) is 0 Å². The summed E-state index contributed by atoms with van der Waals surface area (Å²) in [6, 6.07) is 8.75. The highest BCUT2D eigenvalue weighted by atomic mass is 16.3. The Morgan fingerprint density at radius 1 is 1.29 bits per heavy atom. The van der Waals surface area contributed by atoms with Gasteiger partial charge in [-0.2, -0.15) is 0 Å². The molecule has 1 aromatic rings. The number of nitrogens with zero attached hydrogens (tertiary/aromatic N) is 1. The highest BCUT2D eigenvalue weighted by Gasteiger charge is 2.28. The maximum absolute atomic E-state index is 9.30. The second kappa shape index (κ2) is 8.43. The minimum atomic E-state index is 0.251. The molecule has 0 aromatic heterocycles. The van der Waals surface area contributed by atoms with Gasteiger partial charge in [0, 0.05) is 25.4 Å². The van der Waals surface area contributed by atoms with Gasteiger partial charge in [0.05, 0.1) is 0 Å². The molecule has 120 valence electrons. The van der Waals surface area contributed by atoms with Crippen molar-refractivity contribution in [2.75, 3.05) is 24.6 Å². The SMILES string of the molecule is CCN(CCC(C)C(C)(CC)CCO)c1cccc(C)c1. The topological polar surface area (TPSA) is 23.5 Å². The van der Waals surface area contributed by atoms with Gasteiger partial charge < -0.3 is 10.0 Å². The van der Waals surface area contributed by atoms with E-state index in [1.54, 1.807) is 0 Å². The van der Waals surface area contributed by atoms with Crippen molar-refractivity contribution in [2.24, 2.45) is 11.3 Å². The summed E-state index contributed by atoms with van der Waals surface area (Å²) in [6.45, 7) is 13.7. The van der Waals surface area contributed by atoms with Crippen LogP contribution in [-0.4, -0.2) is 24.8 Å². The number of hydrogen-bond donors (Lipinski definition) is 1. The fourth-order valence-corrected chi connectivity index (χ4v) is 3.02. The summed E-state index contributed by atoms with van der Waals surface area (Å²) in [5.41, 5.74) is 2.89. The smallest absolute Gasteiger partial charge is 0.0436 e. The van der Waals surface area contributed by atoms with Crippen LogP contribution in [0.4, 0.5) is 5.69 Å². The van der Waals surface area contributed by atoms with E-state index in [-0.39, 0.29) is 5.41 Å². The summed E-state index contributed by atoms with van der Waals surface area (Å²) < 4.78 is 0. The molecule has 0 aliphatic carbocycles. The standard InChI is InChI=1S/C19H33NO/c1-6-19(5,12-14-21)17(4)11-13-20(7-2)18-10-8-9-16(3)15-18/h8-10,15,17,21H,6-7,11-14H2,1-5H3. The summed E-state index contributed by atoms with van der Waals surface area (Å²) in [5, 5.41) is 9.30. The molecule has 0 fully saturated rings. The Kier molecular flexibility index (Phi) is 7.24. The number of hydrogen-bond acceptors (Lipinski definition) is 2. The largest absolute Gasteiger partial charge is 0.396 e. The van der Waals surface area contributed by atoms with Crippen molar-refractivity contribution in [3.8, 4) is 0 Å². The van der Waals surface area contributed by atoms with Crippen LogP contribution in [0, 0.1) is 18.3 Å². The van der Waals surface area contributed by atoms with Gasteiger partial charge in [0.25, 0.3) is 0 Å². The third-order valence-electron chi connectivity index (χ3n) is 5.26. The Morgan fingerprint density at radius 3 is 2.52 bits per heavy atom. The van der Waals surface area contributed by atoms with E-state index in [9.17, 15) is 5.11 Å². The van der Waals surface area contributed by atoms with Gasteiger partial charge in [-0.15, -0.1) is 0 Å². The van der Waals surface area contributed by atoms with E-state index in [4.69, 9.17) is 0 Å². The molecular weight excluding hydrogens is 258 g/mol. The molecule has 0 saturated carbocycles. The third kappa shape index (κ3) is 5.03. The van der Waals surface area contributed by atoms with Crippen molar-refractivity contribution >= 4 is 5.69 Å². The molecule has 21 heavy (non-hydrogen) atoms. The predicted molar refractivity (Wildman–Crippen MR) is 92.9 cm³/mol. The summed E-state index contributed by atoms with van der Waals surface area (Å²) in [7, 11) is 0. The zero-order valence-electron chi connectivity index (χ0n) is 14.5. The second-order valence-corrected chi connectivity index (χ2v) is 6.59. The minimum Gasteiger partial charge on any atom is -0.396 e. The average molecular weight is 291 g/mol. The predicted octanol–water partition coefficient (Wildman–Crippen LogP) is 4.65. The van der Waals surface area contributed by atoms with E-state index >= 15 is 0 Å².